The summed E-state index contributed by atoms with van der Waals surface area (Å²) in [5.41, 5.74) is 1.97. The number of anilines is 1. The summed E-state index contributed by atoms with van der Waals surface area (Å²) in [4.78, 5) is 4.40. The van der Waals surface area contributed by atoms with Crippen LogP contribution in [0.3, 0.4) is 0 Å². The molecule has 4 nitrogen and oxygen atoms in total. The van der Waals surface area contributed by atoms with Crippen LogP contribution >= 0.6 is 11.8 Å². The molecule has 0 aliphatic carbocycles. The third kappa shape index (κ3) is 3.00. The molecule has 2 rings (SSSR count). The SMILES string of the molecule is C=CCSCCNc1nc2cccc(C)n2n1. The molecule has 2 aromatic rings. The van der Waals surface area contributed by atoms with Crippen LogP contribution < -0.4 is 5.32 Å². The maximum absolute atomic E-state index is 4.40. The van der Waals surface area contributed by atoms with Gasteiger partial charge in [-0.2, -0.15) is 16.7 Å². The molecule has 0 spiro atoms. The van der Waals surface area contributed by atoms with Gasteiger partial charge in [0.2, 0.25) is 5.95 Å². The van der Waals surface area contributed by atoms with Crippen molar-refractivity contribution < 1.29 is 0 Å². The van der Waals surface area contributed by atoms with Gasteiger partial charge in [-0.1, -0.05) is 12.1 Å². The second-order valence-corrected chi connectivity index (χ2v) is 4.81. The van der Waals surface area contributed by atoms with Crippen molar-refractivity contribution in [3.63, 3.8) is 0 Å². The number of rotatable bonds is 6. The van der Waals surface area contributed by atoms with Gasteiger partial charge in [-0.15, -0.1) is 11.7 Å². The summed E-state index contributed by atoms with van der Waals surface area (Å²) in [5, 5.41) is 7.62. The van der Waals surface area contributed by atoms with E-state index in [0.717, 1.165) is 29.4 Å². The fraction of sp³-hybridized carbons (Fsp3) is 0.333. The van der Waals surface area contributed by atoms with Crippen LogP contribution in [0.1, 0.15) is 5.69 Å². The minimum atomic E-state index is 0.693. The summed E-state index contributed by atoms with van der Waals surface area (Å²) in [5.74, 6) is 2.71. The van der Waals surface area contributed by atoms with Crippen LogP contribution in [0.4, 0.5) is 5.95 Å². The Kier molecular flexibility index (Phi) is 4.03. The van der Waals surface area contributed by atoms with Crippen molar-refractivity contribution in [2.75, 3.05) is 23.4 Å². The normalized spacial score (nSPS) is 10.6. The fourth-order valence-corrected chi connectivity index (χ4v) is 2.09. The Hall–Kier alpha value is -1.49. The second kappa shape index (κ2) is 5.72. The average molecular weight is 248 g/mol. The van der Waals surface area contributed by atoms with Gasteiger partial charge >= 0.3 is 0 Å². The van der Waals surface area contributed by atoms with Crippen molar-refractivity contribution in [1.29, 1.82) is 0 Å². The summed E-state index contributed by atoms with van der Waals surface area (Å²) >= 11 is 1.84. The molecule has 0 aliphatic heterocycles. The summed E-state index contributed by atoms with van der Waals surface area (Å²) in [6.45, 7) is 6.57. The number of hydrogen-bond acceptors (Lipinski definition) is 4. The van der Waals surface area contributed by atoms with Gasteiger partial charge in [0.1, 0.15) is 0 Å². The summed E-state index contributed by atoms with van der Waals surface area (Å²) < 4.78 is 1.85. The zero-order valence-corrected chi connectivity index (χ0v) is 10.7. The molecule has 5 heteroatoms. The smallest absolute Gasteiger partial charge is 0.243 e. The molecule has 17 heavy (non-hydrogen) atoms. The lowest BCUT2D eigenvalue weighted by atomic mass is 10.4. The molecule has 1 N–H and O–H groups in total. The molecule has 0 fully saturated rings. The number of fused-ring (bicyclic) bond motifs is 1. The molecule has 0 saturated carbocycles. The predicted molar refractivity (Wildman–Crippen MR) is 73.7 cm³/mol. The van der Waals surface area contributed by atoms with Gasteiger partial charge in [-0.25, -0.2) is 4.52 Å². The lowest BCUT2D eigenvalue weighted by Crippen LogP contribution is -2.06. The van der Waals surface area contributed by atoms with E-state index in [1.54, 1.807) is 0 Å². The molecule has 0 atom stereocenters. The van der Waals surface area contributed by atoms with Crippen LogP contribution in [0.5, 0.6) is 0 Å². The minimum Gasteiger partial charge on any atom is -0.352 e. The summed E-state index contributed by atoms with van der Waals surface area (Å²) in [6.07, 6.45) is 1.91. The van der Waals surface area contributed by atoms with Gasteiger partial charge < -0.3 is 5.32 Å². The van der Waals surface area contributed by atoms with E-state index < -0.39 is 0 Å². The molecule has 0 unspecified atom stereocenters. The third-order valence-corrected chi connectivity index (χ3v) is 3.28. The maximum atomic E-state index is 4.40. The first kappa shape index (κ1) is 12.0. The maximum Gasteiger partial charge on any atom is 0.243 e. The highest BCUT2D eigenvalue weighted by molar-refractivity contribution is 7.99. The monoisotopic (exact) mass is 248 g/mol. The Balaban J connectivity index is 1.95. The Bertz CT molecular complexity index is 506. The molecule has 0 aromatic carbocycles. The number of thioether (sulfide) groups is 1. The Morgan fingerprint density at radius 3 is 3.18 bits per heavy atom. The Morgan fingerprint density at radius 1 is 1.53 bits per heavy atom. The van der Waals surface area contributed by atoms with E-state index in [0.29, 0.717) is 5.95 Å². The van der Waals surface area contributed by atoms with Crippen LogP contribution in [0.2, 0.25) is 0 Å². The van der Waals surface area contributed by atoms with Gasteiger partial charge in [-0.05, 0) is 19.1 Å². The second-order valence-electron chi connectivity index (χ2n) is 3.66. The minimum absolute atomic E-state index is 0.693. The van der Waals surface area contributed by atoms with E-state index in [9.17, 15) is 0 Å². The van der Waals surface area contributed by atoms with E-state index >= 15 is 0 Å². The van der Waals surface area contributed by atoms with Gasteiger partial charge in [-0.3, -0.25) is 0 Å². The van der Waals surface area contributed by atoms with Crippen molar-refractivity contribution in [2.24, 2.45) is 0 Å². The van der Waals surface area contributed by atoms with Crippen molar-refractivity contribution in [3.8, 4) is 0 Å². The number of pyridine rings is 1. The van der Waals surface area contributed by atoms with Crippen LogP contribution in [0.25, 0.3) is 5.65 Å². The summed E-state index contributed by atoms with van der Waals surface area (Å²) in [7, 11) is 0. The molecule has 0 amide bonds. The zero-order chi connectivity index (χ0) is 12.1. The van der Waals surface area contributed by atoms with Crippen molar-refractivity contribution in [2.45, 2.75) is 6.92 Å². The lowest BCUT2D eigenvalue weighted by molar-refractivity contribution is 0.912. The quantitative estimate of drug-likeness (QED) is 0.629. The van der Waals surface area contributed by atoms with Crippen molar-refractivity contribution in [1.82, 2.24) is 14.6 Å². The van der Waals surface area contributed by atoms with E-state index in [1.807, 2.05) is 47.5 Å². The molecular formula is C12H16N4S. The van der Waals surface area contributed by atoms with Crippen LogP contribution in [-0.4, -0.2) is 32.6 Å². The van der Waals surface area contributed by atoms with Crippen molar-refractivity contribution >= 4 is 23.4 Å². The molecular weight excluding hydrogens is 232 g/mol. The molecule has 2 aromatic heterocycles. The Morgan fingerprint density at radius 2 is 2.41 bits per heavy atom. The highest BCUT2D eigenvalue weighted by Crippen LogP contribution is 2.08. The molecule has 90 valence electrons. The van der Waals surface area contributed by atoms with E-state index in [-0.39, 0.29) is 0 Å². The van der Waals surface area contributed by atoms with E-state index in [2.05, 4.69) is 22.0 Å². The number of aromatic nitrogens is 3. The largest absolute Gasteiger partial charge is 0.352 e. The van der Waals surface area contributed by atoms with Gasteiger partial charge in [0.15, 0.2) is 5.65 Å². The number of hydrogen-bond donors (Lipinski definition) is 1. The zero-order valence-electron chi connectivity index (χ0n) is 9.89. The van der Waals surface area contributed by atoms with E-state index in [4.69, 9.17) is 0 Å². The topological polar surface area (TPSA) is 42.2 Å². The standard InChI is InChI=1S/C12H16N4S/c1-3-8-17-9-7-13-12-14-11-6-4-5-10(2)16(11)15-12/h3-6H,1,7-9H2,2H3,(H,13,15). The van der Waals surface area contributed by atoms with Crippen LogP contribution in [0.15, 0.2) is 30.9 Å². The van der Waals surface area contributed by atoms with Crippen LogP contribution in [-0.2, 0) is 0 Å². The van der Waals surface area contributed by atoms with Gasteiger partial charge in [0.25, 0.3) is 0 Å². The first-order valence-electron chi connectivity index (χ1n) is 5.56. The van der Waals surface area contributed by atoms with Crippen molar-refractivity contribution in [3.05, 3.63) is 36.5 Å². The number of nitrogens with one attached hydrogen (secondary N) is 1. The number of aryl methyl sites for hydroxylation is 1. The molecule has 2 heterocycles. The highest BCUT2D eigenvalue weighted by atomic mass is 32.2. The predicted octanol–water partition coefficient (Wildman–Crippen LogP) is 2.37. The fourth-order valence-electron chi connectivity index (χ4n) is 1.51. The first-order chi connectivity index (χ1) is 8.31. The lowest BCUT2D eigenvalue weighted by Gasteiger charge is -1.99. The highest BCUT2D eigenvalue weighted by Gasteiger charge is 2.03. The average Bonchev–Trinajstić information content (AvgIpc) is 2.73. The molecule has 0 radical (unpaired) electrons. The molecule has 0 aliphatic rings. The summed E-state index contributed by atoms with van der Waals surface area (Å²) in [6, 6.07) is 5.96. The molecule has 0 bridgehead atoms. The molecule has 0 saturated heterocycles. The van der Waals surface area contributed by atoms with Crippen LogP contribution in [0, 0.1) is 6.92 Å². The van der Waals surface area contributed by atoms with E-state index in [1.165, 1.54) is 0 Å². The third-order valence-electron chi connectivity index (χ3n) is 2.31. The van der Waals surface area contributed by atoms with Gasteiger partial charge in [0, 0.05) is 23.7 Å². The Labute approximate surface area is 105 Å². The number of nitrogens with zero attached hydrogens (tertiary/aromatic N) is 3. The van der Waals surface area contributed by atoms with Gasteiger partial charge in [0.05, 0.1) is 0 Å². The first-order valence-corrected chi connectivity index (χ1v) is 6.71.